The van der Waals surface area contributed by atoms with Crippen LogP contribution in [0.25, 0.3) is 0 Å². The first kappa shape index (κ1) is 76.4. The first-order valence-electron chi connectivity index (χ1n) is 24.9. The molecule has 446 valence electrons. The maximum atomic E-state index is 11.6. The van der Waals surface area contributed by atoms with Crippen molar-refractivity contribution in [2.75, 3.05) is 142 Å². The van der Waals surface area contributed by atoms with Crippen molar-refractivity contribution >= 4 is 174 Å². The number of carboxylic acids is 2. The first-order valence-corrected chi connectivity index (χ1v) is 30.5. The molecule has 2 aliphatic rings. The largest absolute Gasteiger partial charge is 0.480 e. The molecule has 4 N–H and O–H groups in total. The van der Waals surface area contributed by atoms with E-state index in [1.807, 2.05) is 77.9 Å². The first-order chi connectivity index (χ1) is 38.0. The number of isothiocyanates is 1. The van der Waals surface area contributed by atoms with Crippen molar-refractivity contribution < 1.29 is 67.4 Å². The van der Waals surface area contributed by atoms with Gasteiger partial charge in [-0.05, 0) is 77.7 Å². The molecule has 4 rings (SSSR count). The summed E-state index contributed by atoms with van der Waals surface area (Å²) in [6.07, 6.45) is 3.73. The number of hydrogen-bond donors (Lipinski definition) is 3. The highest BCUT2D eigenvalue weighted by Gasteiger charge is 2.27. The fraction of sp³-hybridized carbons (Fsp3) is 0.600. The number of ether oxygens (including phenoxy) is 6. The number of anilines is 1. The summed E-state index contributed by atoms with van der Waals surface area (Å²) in [7, 11) is 0. The standard InChI is InChI=1S/C22H30N4O7S.C21H32N4O7.C3H6I2.C3H7I.CCl2S/c27-17-32-15-24-5-6-25(16-33-18-28)12-21(11-19-1-3-20(4-2-19)23-14-34)26(13-22(29)30)8-10-31-9-7-24;22-19-3-1-18(2-4-19)11-20-12-24(15-32-17-27)6-5-23(14-31-16-26)7-9-30-10-8-25(20)13-21(28)29;1-2-3(4)5;1-2-3-4;2-1(3)4/h1-4,17-18,21H,5-13,15-16H2,(H,29,30);1-4,16-17,20H,5-15,22H2,(H,28,29);3H,2H2,1H3;2-3H2,1H3;. The number of carboxylic acid groups (broad SMARTS) is 2. The van der Waals surface area contributed by atoms with Crippen molar-refractivity contribution in [3.8, 4) is 0 Å². The number of alkyl halides is 3. The number of carbonyl (C=O) groups is 6. The third-order valence-corrected chi connectivity index (χ3v) is 14.0. The predicted molar refractivity (Wildman–Crippen MR) is 337 cm³/mol. The lowest BCUT2D eigenvalue weighted by Gasteiger charge is -2.36. The van der Waals surface area contributed by atoms with Gasteiger partial charge in [0.2, 0.25) is 0 Å². The molecule has 2 aliphatic heterocycles. The number of aliphatic carboxylic acids is 2. The number of aliphatic imine (C=N–C) groups is 1. The van der Waals surface area contributed by atoms with Gasteiger partial charge in [-0.2, -0.15) is 4.99 Å². The van der Waals surface area contributed by atoms with Gasteiger partial charge in [0.1, 0.15) is 26.9 Å². The van der Waals surface area contributed by atoms with Gasteiger partial charge in [0, 0.05) is 83.2 Å². The Morgan fingerprint density at radius 2 is 1.01 bits per heavy atom. The van der Waals surface area contributed by atoms with Crippen LogP contribution in [0.4, 0.5) is 11.4 Å². The molecule has 29 heteroatoms. The highest BCUT2D eigenvalue weighted by atomic mass is 127. The molecule has 0 amide bonds. The van der Waals surface area contributed by atoms with Gasteiger partial charge in [-0.15, -0.1) is 0 Å². The molecule has 0 radical (unpaired) electrons. The lowest BCUT2D eigenvalue weighted by molar-refractivity contribution is -0.141. The van der Waals surface area contributed by atoms with Crippen molar-refractivity contribution in [3.63, 3.8) is 0 Å². The van der Waals surface area contributed by atoms with E-state index in [0.29, 0.717) is 142 Å². The van der Waals surface area contributed by atoms with Gasteiger partial charge in [-0.1, -0.05) is 141 Å². The summed E-state index contributed by atoms with van der Waals surface area (Å²) < 4.78 is 33.3. The van der Waals surface area contributed by atoms with Gasteiger partial charge in [0.05, 0.1) is 52.3 Å². The minimum Gasteiger partial charge on any atom is -0.480 e. The maximum Gasteiger partial charge on any atom is 0.317 e. The molecular formula is C50H75Cl2I3N8O14S2. The van der Waals surface area contributed by atoms with Crippen LogP contribution in [0.3, 0.4) is 0 Å². The minimum atomic E-state index is -0.935. The van der Waals surface area contributed by atoms with Gasteiger partial charge >= 0.3 is 11.9 Å². The van der Waals surface area contributed by atoms with Crippen molar-refractivity contribution in [2.45, 2.75) is 53.5 Å². The lowest BCUT2D eigenvalue weighted by atomic mass is 10.0. The highest BCUT2D eigenvalue weighted by molar-refractivity contribution is 14.2. The van der Waals surface area contributed by atoms with E-state index in [4.69, 9.17) is 57.4 Å². The molecular weight excluding hydrogens is 1450 g/mol. The molecule has 0 aliphatic carbocycles. The normalized spacial score (nSPS) is 17.6. The Balaban J connectivity index is 0.00000126. The number of carbonyl (C=O) groups excluding carboxylic acids is 4. The van der Waals surface area contributed by atoms with E-state index in [9.17, 15) is 39.0 Å². The Morgan fingerprint density at radius 1 is 0.684 bits per heavy atom. The van der Waals surface area contributed by atoms with Crippen LogP contribution in [0, 0.1) is 0 Å². The number of nitrogens with two attached hydrogens (primary N) is 1. The Labute approximate surface area is 526 Å². The number of nitrogens with zero attached hydrogens (tertiary/aromatic N) is 7. The van der Waals surface area contributed by atoms with Gasteiger partial charge in [0.15, 0.2) is 3.78 Å². The molecule has 2 aromatic rings. The zero-order valence-electron chi connectivity index (χ0n) is 44.5. The molecule has 79 heavy (non-hydrogen) atoms. The average molecular weight is 1530 g/mol. The third kappa shape index (κ3) is 42.8. The minimum absolute atomic E-state index is 0.0556. The number of nitrogen functional groups attached to an aromatic ring is 1. The van der Waals surface area contributed by atoms with E-state index in [1.54, 1.807) is 0 Å². The van der Waals surface area contributed by atoms with Gasteiger partial charge < -0.3 is 44.4 Å². The fourth-order valence-corrected chi connectivity index (χ4v) is 7.37. The summed E-state index contributed by atoms with van der Waals surface area (Å²) in [5.41, 5.74) is 9.15. The second-order valence-electron chi connectivity index (χ2n) is 17.0. The van der Waals surface area contributed by atoms with Crippen molar-refractivity contribution in [1.82, 2.24) is 29.4 Å². The predicted octanol–water partition coefficient (Wildman–Crippen LogP) is 6.25. The zero-order chi connectivity index (χ0) is 59.1. The fourth-order valence-electron chi connectivity index (χ4n) is 7.26. The van der Waals surface area contributed by atoms with E-state index < -0.39 is 11.9 Å². The molecule has 0 aromatic heterocycles. The summed E-state index contributed by atoms with van der Waals surface area (Å²) in [6.45, 7) is 12.5. The monoisotopic (exact) mass is 1530 g/mol. The van der Waals surface area contributed by atoms with Crippen LogP contribution >= 0.6 is 115 Å². The van der Waals surface area contributed by atoms with Crippen LogP contribution < -0.4 is 5.73 Å². The number of halogens is 5. The maximum absolute atomic E-state index is 11.6. The van der Waals surface area contributed by atoms with Crippen molar-refractivity contribution in [3.05, 3.63) is 59.7 Å². The van der Waals surface area contributed by atoms with Crippen LogP contribution in [0.2, 0.25) is 0 Å². The van der Waals surface area contributed by atoms with Crippen LogP contribution in [-0.2, 0) is 70.0 Å². The number of rotatable bonds is 23. The summed E-state index contributed by atoms with van der Waals surface area (Å²) in [5.74, 6) is -1.86. The molecule has 22 nitrogen and oxygen atoms in total. The Hall–Kier alpha value is -2.60. The summed E-state index contributed by atoms with van der Waals surface area (Å²) >= 11 is 25.4. The summed E-state index contributed by atoms with van der Waals surface area (Å²) in [6, 6.07) is 14.6. The SMILES string of the molecule is CCC(I)I.CCCI.Nc1ccc(CC2CN(COC=O)CCN(COC=O)CCOCCN2CC(=O)O)cc1.O=COCN1CCOCCN(CC(=O)O)C(Cc2ccc(N=C=S)cc2)CN(COC=O)CC1.S=C(Cl)Cl. The molecule has 2 aromatic carbocycles. The summed E-state index contributed by atoms with van der Waals surface area (Å²) in [5, 5.41) is 21.3. The Morgan fingerprint density at radius 3 is 1.33 bits per heavy atom. The quantitative estimate of drug-likeness (QED) is 0.0162. The summed E-state index contributed by atoms with van der Waals surface area (Å²) in [4.78, 5) is 81.4. The lowest BCUT2D eigenvalue weighted by Crippen LogP contribution is -2.50. The number of hydrogen-bond acceptors (Lipinski definition) is 22. The molecule has 2 heterocycles. The number of benzene rings is 2. The second kappa shape index (κ2) is 51.1. The van der Waals surface area contributed by atoms with E-state index in [0.717, 1.165) is 13.1 Å². The topological polar surface area (TPSA) is 256 Å². The molecule has 0 saturated carbocycles. The number of thiocarbonyl (C=S) groups is 2. The van der Waals surface area contributed by atoms with Crippen LogP contribution in [0.15, 0.2) is 53.5 Å². The molecule has 0 bridgehead atoms. The Bertz CT molecular complexity index is 2010. The highest BCUT2D eigenvalue weighted by Crippen LogP contribution is 2.18. The van der Waals surface area contributed by atoms with Crippen LogP contribution in [0.5, 0.6) is 0 Å². The van der Waals surface area contributed by atoms with Gasteiger partial charge in [0.25, 0.3) is 25.9 Å². The van der Waals surface area contributed by atoms with Gasteiger partial charge in [-0.3, -0.25) is 58.2 Å². The zero-order valence-corrected chi connectivity index (χ0v) is 54.2. The van der Waals surface area contributed by atoms with E-state index >= 15 is 0 Å². The molecule has 2 unspecified atom stereocenters. The molecule has 2 fully saturated rings. The van der Waals surface area contributed by atoms with E-state index in [1.165, 1.54) is 17.3 Å². The molecule has 2 saturated heterocycles. The van der Waals surface area contributed by atoms with Gasteiger partial charge in [-0.25, -0.2) is 0 Å². The molecule has 0 spiro atoms. The third-order valence-electron chi connectivity index (χ3n) is 11.1. The van der Waals surface area contributed by atoms with Crippen molar-refractivity contribution in [1.29, 1.82) is 0 Å². The van der Waals surface area contributed by atoms with Crippen LogP contribution in [0.1, 0.15) is 37.8 Å². The van der Waals surface area contributed by atoms with E-state index in [-0.39, 0.29) is 55.9 Å². The van der Waals surface area contributed by atoms with Crippen LogP contribution in [-0.4, -0.2) is 237 Å². The second-order valence-corrected chi connectivity index (χ2v) is 25.4. The smallest absolute Gasteiger partial charge is 0.317 e. The molecule has 2 atom stereocenters. The van der Waals surface area contributed by atoms with Crippen molar-refractivity contribution in [2.24, 2.45) is 4.99 Å². The average Bonchev–Trinajstić information content (AvgIpc) is 3.42. The van der Waals surface area contributed by atoms with E-state index in [2.05, 4.69) is 116 Å². The Kier molecular flexibility index (Phi) is 49.4.